The summed E-state index contributed by atoms with van der Waals surface area (Å²) < 4.78 is 13.1. The third kappa shape index (κ3) is 1.66. The van der Waals surface area contributed by atoms with Crippen molar-refractivity contribution in [3.05, 3.63) is 35.1 Å². The van der Waals surface area contributed by atoms with Crippen molar-refractivity contribution in [2.45, 2.75) is 31.5 Å². The fraction of sp³-hybridized carbons (Fsp3) is 0.500. The highest BCUT2D eigenvalue weighted by Gasteiger charge is 2.33. The summed E-state index contributed by atoms with van der Waals surface area (Å²) in [5.74, 6) is -0.154. The minimum atomic E-state index is -0.154. The monoisotopic (exact) mass is 206 g/mol. The third-order valence-electron chi connectivity index (χ3n) is 3.37. The summed E-state index contributed by atoms with van der Waals surface area (Å²) in [4.78, 5) is 2.38. The molecule has 1 saturated carbocycles. The van der Waals surface area contributed by atoms with E-state index in [1.165, 1.54) is 18.9 Å². The minimum Gasteiger partial charge on any atom is -0.323 e. The van der Waals surface area contributed by atoms with Crippen LogP contribution in [0.3, 0.4) is 0 Å². The zero-order valence-electron chi connectivity index (χ0n) is 8.62. The van der Waals surface area contributed by atoms with E-state index >= 15 is 0 Å². The second kappa shape index (κ2) is 3.29. The van der Waals surface area contributed by atoms with Crippen LogP contribution in [0.4, 0.5) is 4.39 Å². The van der Waals surface area contributed by atoms with Gasteiger partial charge in [0.25, 0.3) is 0 Å². The zero-order valence-corrected chi connectivity index (χ0v) is 8.62. The Kier molecular flexibility index (Phi) is 2.04. The van der Waals surface area contributed by atoms with Crippen molar-refractivity contribution >= 4 is 0 Å². The van der Waals surface area contributed by atoms with Crippen LogP contribution in [0.1, 0.15) is 30.0 Å². The topological polar surface area (TPSA) is 29.3 Å². The molecular formula is C12H15FN2. The fourth-order valence-electron chi connectivity index (χ4n) is 2.43. The molecule has 15 heavy (non-hydrogen) atoms. The Morgan fingerprint density at radius 2 is 2.13 bits per heavy atom. The van der Waals surface area contributed by atoms with Crippen molar-refractivity contribution in [3.63, 3.8) is 0 Å². The lowest BCUT2D eigenvalue weighted by Gasteiger charge is -2.32. The lowest BCUT2D eigenvalue weighted by atomic mass is 9.96. The van der Waals surface area contributed by atoms with E-state index in [1.54, 1.807) is 6.07 Å². The van der Waals surface area contributed by atoms with Crippen LogP contribution in [0.15, 0.2) is 18.2 Å². The molecular weight excluding hydrogens is 191 g/mol. The molecule has 0 radical (unpaired) electrons. The molecule has 3 rings (SSSR count). The zero-order chi connectivity index (χ0) is 10.4. The van der Waals surface area contributed by atoms with Gasteiger partial charge in [0.2, 0.25) is 0 Å². The summed E-state index contributed by atoms with van der Waals surface area (Å²) in [6.45, 7) is 1.79. The molecule has 0 spiro atoms. The van der Waals surface area contributed by atoms with Crippen LogP contribution in [0, 0.1) is 5.82 Å². The van der Waals surface area contributed by atoms with Gasteiger partial charge >= 0.3 is 0 Å². The first-order chi connectivity index (χ1) is 7.24. The van der Waals surface area contributed by atoms with Gasteiger partial charge in [0.05, 0.1) is 0 Å². The molecule has 0 amide bonds. The second-order valence-electron chi connectivity index (χ2n) is 4.61. The Morgan fingerprint density at radius 3 is 2.87 bits per heavy atom. The maximum atomic E-state index is 13.1. The summed E-state index contributed by atoms with van der Waals surface area (Å²) >= 11 is 0. The first-order valence-electron chi connectivity index (χ1n) is 5.52. The van der Waals surface area contributed by atoms with Gasteiger partial charge in [-0.05, 0) is 36.1 Å². The number of nitrogens with zero attached hydrogens (tertiary/aromatic N) is 1. The smallest absolute Gasteiger partial charge is 0.123 e. The standard InChI is InChI=1S/C12H15FN2/c13-9-1-4-11-8(5-9)6-15(7-12(11)14)10-2-3-10/h1,4-5,10,12H,2-3,6-7,14H2. The number of benzene rings is 1. The van der Waals surface area contributed by atoms with Crippen LogP contribution < -0.4 is 5.73 Å². The highest BCUT2D eigenvalue weighted by atomic mass is 19.1. The quantitative estimate of drug-likeness (QED) is 0.759. The molecule has 2 aliphatic rings. The van der Waals surface area contributed by atoms with Crippen LogP contribution in [0.25, 0.3) is 0 Å². The van der Waals surface area contributed by atoms with Gasteiger partial charge in [-0.2, -0.15) is 0 Å². The molecule has 1 aliphatic carbocycles. The minimum absolute atomic E-state index is 0.0509. The van der Waals surface area contributed by atoms with Gasteiger partial charge in [-0.3, -0.25) is 4.90 Å². The maximum absolute atomic E-state index is 13.1. The Bertz CT molecular complexity index is 387. The van der Waals surface area contributed by atoms with Gasteiger partial charge < -0.3 is 5.73 Å². The molecule has 1 aliphatic heterocycles. The van der Waals surface area contributed by atoms with Crippen LogP contribution >= 0.6 is 0 Å². The molecule has 0 aromatic heterocycles. The summed E-state index contributed by atoms with van der Waals surface area (Å²) in [6.07, 6.45) is 2.55. The highest BCUT2D eigenvalue weighted by Crippen LogP contribution is 2.34. The molecule has 0 bridgehead atoms. The molecule has 1 heterocycles. The van der Waals surface area contributed by atoms with E-state index in [9.17, 15) is 4.39 Å². The van der Waals surface area contributed by atoms with Gasteiger partial charge in [-0.1, -0.05) is 6.07 Å². The van der Waals surface area contributed by atoms with Crippen molar-refractivity contribution in [2.75, 3.05) is 6.54 Å². The summed E-state index contributed by atoms with van der Waals surface area (Å²) in [5.41, 5.74) is 8.28. The molecule has 1 aromatic carbocycles. The van der Waals surface area contributed by atoms with Gasteiger partial charge in [0.1, 0.15) is 5.82 Å². The van der Waals surface area contributed by atoms with E-state index in [0.717, 1.165) is 24.2 Å². The average Bonchev–Trinajstić information content (AvgIpc) is 2.99. The normalized spacial score (nSPS) is 26.4. The maximum Gasteiger partial charge on any atom is 0.123 e. The van der Waals surface area contributed by atoms with E-state index in [-0.39, 0.29) is 11.9 Å². The molecule has 0 saturated heterocycles. The Morgan fingerprint density at radius 1 is 1.33 bits per heavy atom. The molecule has 1 fully saturated rings. The molecule has 80 valence electrons. The van der Waals surface area contributed by atoms with Gasteiger partial charge in [0, 0.05) is 25.2 Å². The van der Waals surface area contributed by atoms with Crippen LogP contribution in [0.2, 0.25) is 0 Å². The summed E-state index contributed by atoms with van der Waals surface area (Å²) in [6, 6.07) is 5.72. The fourth-order valence-corrected chi connectivity index (χ4v) is 2.43. The van der Waals surface area contributed by atoms with Crippen molar-refractivity contribution in [1.82, 2.24) is 4.90 Å². The number of halogens is 1. The lowest BCUT2D eigenvalue weighted by molar-refractivity contribution is 0.221. The largest absolute Gasteiger partial charge is 0.323 e. The number of hydrogen-bond donors (Lipinski definition) is 1. The van der Waals surface area contributed by atoms with Crippen LogP contribution in [0.5, 0.6) is 0 Å². The molecule has 2 N–H and O–H groups in total. The first-order valence-corrected chi connectivity index (χ1v) is 5.52. The Hall–Kier alpha value is -0.930. The predicted octanol–water partition coefficient (Wildman–Crippen LogP) is 1.80. The highest BCUT2D eigenvalue weighted by molar-refractivity contribution is 5.33. The van der Waals surface area contributed by atoms with Gasteiger partial charge in [0.15, 0.2) is 0 Å². The molecule has 2 nitrogen and oxygen atoms in total. The van der Waals surface area contributed by atoms with Crippen molar-refractivity contribution in [1.29, 1.82) is 0 Å². The van der Waals surface area contributed by atoms with Crippen molar-refractivity contribution < 1.29 is 4.39 Å². The lowest BCUT2D eigenvalue weighted by Crippen LogP contribution is -2.38. The Balaban J connectivity index is 1.93. The van der Waals surface area contributed by atoms with E-state index in [2.05, 4.69) is 4.90 Å². The molecule has 1 aromatic rings. The second-order valence-corrected chi connectivity index (χ2v) is 4.61. The Labute approximate surface area is 88.9 Å². The van der Waals surface area contributed by atoms with Crippen molar-refractivity contribution in [3.8, 4) is 0 Å². The van der Waals surface area contributed by atoms with Crippen molar-refractivity contribution in [2.24, 2.45) is 5.73 Å². The number of hydrogen-bond acceptors (Lipinski definition) is 2. The number of rotatable bonds is 1. The molecule has 1 unspecified atom stereocenters. The van der Waals surface area contributed by atoms with E-state index in [1.807, 2.05) is 6.07 Å². The van der Waals surface area contributed by atoms with Gasteiger partial charge in [-0.15, -0.1) is 0 Å². The van der Waals surface area contributed by atoms with E-state index in [0.29, 0.717) is 6.04 Å². The predicted molar refractivity (Wildman–Crippen MR) is 56.8 cm³/mol. The van der Waals surface area contributed by atoms with E-state index < -0.39 is 0 Å². The molecule has 1 atom stereocenters. The average molecular weight is 206 g/mol. The van der Waals surface area contributed by atoms with Gasteiger partial charge in [-0.25, -0.2) is 4.39 Å². The number of fused-ring (bicyclic) bond motifs is 1. The summed E-state index contributed by atoms with van der Waals surface area (Å²) in [5, 5.41) is 0. The first kappa shape index (κ1) is 9.31. The molecule has 3 heteroatoms. The third-order valence-corrected chi connectivity index (χ3v) is 3.37. The number of nitrogens with two attached hydrogens (primary N) is 1. The van der Waals surface area contributed by atoms with Crippen LogP contribution in [-0.4, -0.2) is 17.5 Å². The van der Waals surface area contributed by atoms with Crippen LogP contribution in [-0.2, 0) is 6.54 Å². The SMILES string of the molecule is NC1CN(C2CC2)Cc2cc(F)ccc21. The van der Waals surface area contributed by atoms with E-state index in [4.69, 9.17) is 5.73 Å². The summed E-state index contributed by atoms with van der Waals surface area (Å²) in [7, 11) is 0.